The number of rotatable bonds is 4. The Morgan fingerprint density at radius 3 is 3.00 bits per heavy atom. The summed E-state index contributed by atoms with van der Waals surface area (Å²) in [7, 11) is 1.83. The van der Waals surface area contributed by atoms with Crippen LogP contribution in [-0.4, -0.2) is 29.8 Å². The minimum absolute atomic E-state index is 0.323. The van der Waals surface area contributed by atoms with Crippen molar-refractivity contribution in [3.8, 4) is 0 Å². The van der Waals surface area contributed by atoms with Crippen LogP contribution in [0.4, 0.5) is 0 Å². The zero-order valence-electron chi connectivity index (χ0n) is 7.37. The summed E-state index contributed by atoms with van der Waals surface area (Å²) in [6, 6.07) is 0. The maximum atomic E-state index is 9.41. The second kappa shape index (κ2) is 4.54. The normalized spacial score (nSPS) is 13.2. The maximum Gasteiger partial charge on any atom is 0.0897 e. The fourth-order valence-corrected chi connectivity index (χ4v) is 1.68. The van der Waals surface area contributed by atoms with Gasteiger partial charge >= 0.3 is 0 Å². The molecule has 0 spiro atoms. The standard InChI is InChI=1S/C8H14N2OS/c1-6-10-7(5-12-6)3-8(11)4-9-2/h5,8-9,11H,3-4H2,1-2H3. The fourth-order valence-electron chi connectivity index (χ4n) is 1.05. The summed E-state index contributed by atoms with van der Waals surface area (Å²) in [5.74, 6) is 0. The quantitative estimate of drug-likeness (QED) is 0.723. The molecule has 1 aromatic rings. The molecule has 0 bridgehead atoms. The highest BCUT2D eigenvalue weighted by molar-refractivity contribution is 7.09. The average molecular weight is 186 g/mol. The van der Waals surface area contributed by atoms with E-state index in [4.69, 9.17) is 0 Å². The summed E-state index contributed by atoms with van der Waals surface area (Å²) in [6.45, 7) is 2.59. The second-order valence-electron chi connectivity index (χ2n) is 2.77. The Kier molecular flexibility index (Phi) is 3.65. The number of hydrogen-bond acceptors (Lipinski definition) is 4. The summed E-state index contributed by atoms with van der Waals surface area (Å²) < 4.78 is 0. The predicted octanol–water partition coefficient (Wildman–Crippen LogP) is 0.574. The molecule has 68 valence electrons. The highest BCUT2D eigenvalue weighted by atomic mass is 32.1. The number of aromatic nitrogens is 1. The Labute approximate surface area is 76.5 Å². The number of hydrogen-bond donors (Lipinski definition) is 2. The van der Waals surface area contributed by atoms with E-state index in [1.807, 2.05) is 19.4 Å². The van der Waals surface area contributed by atoms with E-state index >= 15 is 0 Å². The minimum Gasteiger partial charge on any atom is -0.391 e. The van der Waals surface area contributed by atoms with Crippen molar-refractivity contribution in [1.29, 1.82) is 0 Å². The van der Waals surface area contributed by atoms with Crippen molar-refractivity contribution in [2.75, 3.05) is 13.6 Å². The molecule has 2 N–H and O–H groups in total. The van der Waals surface area contributed by atoms with Crippen LogP contribution in [0.25, 0.3) is 0 Å². The number of nitrogens with one attached hydrogen (secondary N) is 1. The van der Waals surface area contributed by atoms with Crippen LogP contribution in [0.5, 0.6) is 0 Å². The highest BCUT2D eigenvalue weighted by Crippen LogP contribution is 2.09. The Bertz CT molecular complexity index is 237. The van der Waals surface area contributed by atoms with Crippen molar-refractivity contribution in [2.45, 2.75) is 19.4 Å². The average Bonchev–Trinajstić information content (AvgIpc) is 2.36. The van der Waals surface area contributed by atoms with Crippen LogP contribution in [0.1, 0.15) is 10.7 Å². The van der Waals surface area contributed by atoms with E-state index in [-0.39, 0.29) is 6.10 Å². The Morgan fingerprint density at radius 1 is 1.75 bits per heavy atom. The molecule has 1 atom stereocenters. The van der Waals surface area contributed by atoms with Gasteiger partial charge in [0.05, 0.1) is 16.8 Å². The summed E-state index contributed by atoms with van der Waals surface area (Å²) in [5.41, 5.74) is 0.986. The lowest BCUT2D eigenvalue weighted by atomic mass is 10.2. The lowest BCUT2D eigenvalue weighted by Gasteiger charge is -2.06. The Balaban J connectivity index is 2.41. The van der Waals surface area contributed by atoms with Gasteiger partial charge in [-0.25, -0.2) is 4.98 Å². The van der Waals surface area contributed by atoms with Crippen LogP contribution in [0, 0.1) is 6.92 Å². The van der Waals surface area contributed by atoms with Crippen LogP contribution < -0.4 is 5.32 Å². The van der Waals surface area contributed by atoms with Crippen molar-refractivity contribution in [3.63, 3.8) is 0 Å². The molecule has 12 heavy (non-hydrogen) atoms. The number of aliphatic hydroxyl groups excluding tert-OH is 1. The lowest BCUT2D eigenvalue weighted by Crippen LogP contribution is -2.25. The highest BCUT2D eigenvalue weighted by Gasteiger charge is 2.06. The number of aryl methyl sites for hydroxylation is 1. The first-order valence-corrected chi connectivity index (χ1v) is 4.84. The minimum atomic E-state index is -0.323. The van der Waals surface area contributed by atoms with E-state index in [1.54, 1.807) is 11.3 Å². The second-order valence-corrected chi connectivity index (χ2v) is 3.84. The number of aliphatic hydroxyl groups is 1. The van der Waals surface area contributed by atoms with Crippen molar-refractivity contribution in [2.24, 2.45) is 0 Å². The van der Waals surface area contributed by atoms with Gasteiger partial charge in [0.15, 0.2) is 0 Å². The van der Waals surface area contributed by atoms with Crippen molar-refractivity contribution < 1.29 is 5.11 Å². The summed E-state index contributed by atoms with van der Waals surface area (Å²) in [4.78, 5) is 4.26. The van der Waals surface area contributed by atoms with Gasteiger partial charge < -0.3 is 10.4 Å². The molecule has 1 rings (SSSR count). The fraction of sp³-hybridized carbons (Fsp3) is 0.625. The molecule has 3 nitrogen and oxygen atoms in total. The van der Waals surface area contributed by atoms with E-state index in [9.17, 15) is 5.11 Å². The first-order valence-electron chi connectivity index (χ1n) is 3.96. The smallest absolute Gasteiger partial charge is 0.0897 e. The number of likely N-dealkylation sites (N-methyl/N-ethyl adjacent to an activating group) is 1. The SMILES string of the molecule is CNCC(O)Cc1csc(C)n1. The first kappa shape index (κ1) is 9.64. The third-order valence-corrected chi connectivity index (χ3v) is 2.37. The zero-order valence-corrected chi connectivity index (χ0v) is 8.19. The van der Waals surface area contributed by atoms with Gasteiger partial charge in [0.25, 0.3) is 0 Å². The van der Waals surface area contributed by atoms with E-state index < -0.39 is 0 Å². The first-order chi connectivity index (χ1) is 5.72. The predicted molar refractivity (Wildman–Crippen MR) is 50.5 cm³/mol. The van der Waals surface area contributed by atoms with Crippen LogP contribution >= 0.6 is 11.3 Å². The molecular weight excluding hydrogens is 172 g/mol. The molecule has 4 heteroatoms. The van der Waals surface area contributed by atoms with Gasteiger partial charge in [-0.15, -0.1) is 11.3 Å². The molecule has 0 fully saturated rings. The topological polar surface area (TPSA) is 45.1 Å². The van der Waals surface area contributed by atoms with Gasteiger partial charge in [0.2, 0.25) is 0 Å². The third-order valence-electron chi connectivity index (χ3n) is 1.55. The Hall–Kier alpha value is -0.450. The lowest BCUT2D eigenvalue weighted by molar-refractivity contribution is 0.174. The zero-order chi connectivity index (χ0) is 8.97. The molecule has 0 aromatic carbocycles. The molecule has 0 aliphatic rings. The summed E-state index contributed by atoms with van der Waals surface area (Å²) in [5, 5.41) is 15.4. The number of nitrogens with zero attached hydrogens (tertiary/aromatic N) is 1. The van der Waals surface area contributed by atoms with E-state index in [0.29, 0.717) is 13.0 Å². The molecule has 1 aromatic heterocycles. The van der Waals surface area contributed by atoms with Gasteiger partial charge in [-0.1, -0.05) is 0 Å². The van der Waals surface area contributed by atoms with Crippen LogP contribution in [0.3, 0.4) is 0 Å². The van der Waals surface area contributed by atoms with Gasteiger partial charge in [-0.2, -0.15) is 0 Å². The Morgan fingerprint density at radius 2 is 2.50 bits per heavy atom. The molecular formula is C8H14N2OS. The molecule has 0 aliphatic heterocycles. The summed E-state index contributed by atoms with van der Waals surface area (Å²) in [6.07, 6.45) is 0.321. The molecule has 0 radical (unpaired) electrons. The van der Waals surface area contributed by atoms with Crippen molar-refractivity contribution in [1.82, 2.24) is 10.3 Å². The van der Waals surface area contributed by atoms with Crippen LogP contribution in [0.15, 0.2) is 5.38 Å². The number of thiazole rings is 1. The van der Waals surface area contributed by atoms with Crippen LogP contribution in [0.2, 0.25) is 0 Å². The van der Waals surface area contributed by atoms with Gasteiger partial charge in [-0.3, -0.25) is 0 Å². The largest absolute Gasteiger partial charge is 0.391 e. The molecule has 0 aliphatic carbocycles. The van der Waals surface area contributed by atoms with E-state index in [0.717, 1.165) is 10.7 Å². The molecule has 0 saturated heterocycles. The third kappa shape index (κ3) is 2.89. The van der Waals surface area contributed by atoms with Crippen LogP contribution in [-0.2, 0) is 6.42 Å². The van der Waals surface area contributed by atoms with E-state index in [2.05, 4.69) is 10.3 Å². The van der Waals surface area contributed by atoms with E-state index in [1.165, 1.54) is 0 Å². The van der Waals surface area contributed by atoms with Crippen molar-refractivity contribution >= 4 is 11.3 Å². The van der Waals surface area contributed by atoms with Crippen molar-refractivity contribution in [3.05, 3.63) is 16.1 Å². The monoisotopic (exact) mass is 186 g/mol. The van der Waals surface area contributed by atoms with Gasteiger partial charge in [-0.05, 0) is 14.0 Å². The van der Waals surface area contributed by atoms with Gasteiger partial charge in [0.1, 0.15) is 0 Å². The molecule has 1 unspecified atom stereocenters. The maximum absolute atomic E-state index is 9.41. The molecule has 0 saturated carbocycles. The molecule has 1 heterocycles. The summed E-state index contributed by atoms with van der Waals surface area (Å²) >= 11 is 1.62. The molecule has 0 amide bonds. The van der Waals surface area contributed by atoms with Gasteiger partial charge in [0, 0.05) is 18.3 Å².